The van der Waals surface area contributed by atoms with E-state index in [9.17, 15) is 4.79 Å². The van der Waals surface area contributed by atoms with Crippen molar-refractivity contribution in [3.05, 3.63) is 41.4 Å². The summed E-state index contributed by atoms with van der Waals surface area (Å²) in [5, 5.41) is 12.8. The Morgan fingerprint density at radius 2 is 2.16 bits per heavy atom. The number of carbonyl (C=O) groups is 1. The van der Waals surface area contributed by atoms with Gasteiger partial charge in [-0.15, -0.1) is 0 Å². The molecule has 1 aromatic carbocycles. The molecule has 19 heavy (non-hydrogen) atoms. The van der Waals surface area contributed by atoms with E-state index in [1.807, 2.05) is 30.3 Å². The summed E-state index contributed by atoms with van der Waals surface area (Å²) in [4.78, 5) is 14.6. The second kappa shape index (κ2) is 5.78. The molecule has 0 spiro atoms. The van der Waals surface area contributed by atoms with Crippen molar-refractivity contribution in [2.75, 3.05) is 6.61 Å². The summed E-state index contributed by atoms with van der Waals surface area (Å²) in [6, 6.07) is 11.0. The number of rotatable bonds is 4. The first-order valence-corrected chi connectivity index (χ1v) is 5.88. The topological polar surface area (TPSA) is 72.3 Å². The summed E-state index contributed by atoms with van der Waals surface area (Å²) in [7, 11) is 0. The Morgan fingerprint density at radius 1 is 1.42 bits per heavy atom. The molecule has 2 rings (SSSR count). The first-order valence-electron chi connectivity index (χ1n) is 5.88. The van der Waals surface area contributed by atoms with Crippen molar-refractivity contribution in [3.8, 4) is 11.3 Å². The van der Waals surface area contributed by atoms with Crippen LogP contribution in [0.1, 0.15) is 6.92 Å². The van der Waals surface area contributed by atoms with Crippen molar-refractivity contribution in [2.24, 2.45) is 0 Å². The molecule has 0 fully saturated rings. The second-order valence-corrected chi connectivity index (χ2v) is 3.82. The predicted octanol–water partition coefficient (Wildman–Crippen LogP) is 2.60. The third kappa shape index (κ3) is 2.96. The van der Waals surface area contributed by atoms with E-state index in [2.05, 4.69) is 10.1 Å². The highest BCUT2D eigenvalue weighted by Crippen LogP contribution is 2.23. The summed E-state index contributed by atoms with van der Waals surface area (Å²) in [6.07, 6.45) is 0. The molecule has 0 radical (unpaired) electrons. The lowest BCUT2D eigenvalue weighted by atomic mass is 10.1. The van der Waals surface area contributed by atoms with E-state index in [0.717, 1.165) is 5.56 Å². The van der Waals surface area contributed by atoms with Crippen LogP contribution in [0, 0.1) is 5.39 Å². The van der Waals surface area contributed by atoms with Gasteiger partial charge in [-0.25, -0.2) is 4.79 Å². The van der Waals surface area contributed by atoms with Crippen LogP contribution in [-0.2, 0) is 16.1 Å². The van der Waals surface area contributed by atoms with E-state index in [1.54, 1.807) is 13.0 Å². The predicted molar refractivity (Wildman–Crippen MR) is 69.0 cm³/mol. The van der Waals surface area contributed by atoms with Gasteiger partial charge >= 0.3 is 11.8 Å². The van der Waals surface area contributed by atoms with Crippen molar-refractivity contribution in [3.63, 3.8) is 0 Å². The first kappa shape index (κ1) is 12.8. The van der Waals surface area contributed by atoms with Crippen LogP contribution in [0.3, 0.4) is 0 Å². The molecule has 0 N–H and O–H groups in total. The van der Waals surface area contributed by atoms with Crippen LogP contribution >= 0.6 is 0 Å². The lowest BCUT2D eigenvalue weighted by Gasteiger charge is -2.03. The molecule has 0 atom stereocenters. The molecular weight excluding hydrogens is 244 g/mol. The number of aromatic nitrogens is 2. The van der Waals surface area contributed by atoms with Gasteiger partial charge in [-0.2, -0.15) is 4.68 Å². The third-order valence-electron chi connectivity index (χ3n) is 2.52. The quantitative estimate of drug-likeness (QED) is 0.623. The number of esters is 1. The molecule has 0 aliphatic rings. The molecule has 0 amide bonds. The zero-order chi connectivity index (χ0) is 13.7. The van der Waals surface area contributed by atoms with Crippen LogP contribution in [0.4, 0.5) is 5.82 Å². The van der Waals surface area contributed by atoms with Crippen LogP contribution in [0.15, 0.2) is 36.4 Å². The zero-order valence-corrected chi connectivity index (χ0v) is 10.5. The number of ether oxygens (including phenoxy) is 1. The maximum absolute atomic E-state index is 11.5. The Labute approximate surface area is 110 Å². The minimum Gasteiger partial charge on any atom is -0.465 e. The van der Waals surface area contributed by atoms with Gasteiger partial charge in [-0.05, 0) is 6.92 Å². The molecule has 6 heteroatoms. The minimum atomic E-state index is -0.382. The van der Waals surface area contributed by atoms with Gasteiger partial charge in [0, 0.05) is 10.5 Å². The average Bonchev–Trinajstić information content (AvgIpc) is 2.83. The largest absolute Gasteiger partial charge is 0.488 e. The highest BCUT2D eigenvalue weighted by molar-refractivity contribution is 5.71. The molecule has 0 aliphatic carbocycles. The fourth-order valence-corrected chi connectivity index (χ4v) is 1.74. The molecule has 0 aliphatic heterocycles. The standard InChI is InChI=1S/C13H13N4O2/c1-2-19-13(18)9-17-11(8-12(15-14)16-17)10-6-4-3-5-7-10/h3-8H,2,9H2,1H3/q+1. The smallest absolute Gasteiger partial charge is 0.465 e. The molecule has 0 saturated heterocycles. The Kier molecular flexibility index (Phi) is 3.88. The van der Waals surface area contributed by atoms with E-state index in [-0.39, 0.29) is 18.3 Å². The lowest BCUT2D eigenvalue weighted by molar-refractivity contribution is -0.144. The molecule has 0 saturated carbocycles. The van der Waals surface area contributed by atoms with Gasteiger partial charge in [-0.3, -0.25) is 0 Å². The molecule has 2 aromatic rings. The van der Waals surface area contributed by atoms with Gasteiger partial charge in [0.2, 0.25) is 0 Å². The van der Waals surface area contributed by atoms with E-state index in [1.165, 1.54) is 4.68 Å². The number of diazo groups is 1. The first-order chi connectivity index (χ1) is 9.24. The number of hydrogen-bond donors (Lipinski definition) is 0. The summed E-state index contributed by atoms with van der Waals surface area (Å²) in [5.41, 5.74) is 1.58. The SMILES string of the molecule is CCOC(=O)Cn1nc([N+]#N)cc1-c1ccccc1. The van der Waals surface area contributed by atoms with Gasteiger partial charge in [0.05, 0.1) is 28.9 Å². The number of hydrogen-bond acceptors (Lipinski definition) is 4. The lowest BCUT2D eigenvalue weighted by Crippen LogP contribution is -2.15. The normalized spacial score (nSPS) is 9.89. The molecule has 1 heterocycles. The van der Waals surface area contributed by atoms with Gasteiger partial charge in [-0.1, -0.05) is 30.3 Å². The second-order valence-electron chi connectivity index (χ2n) is 3.82. The maximum atomic E-state index is 11.5. The van der Waals surface area contributed by atoms with Crippen molar-refractivity contribution in [2.45, 2.75) is 13.5 Å². The average molecular weight is 257 g/mol. The molecule has 6 nitrogen and oxygen atoms in total. The van der Waals surface area contributed by atoms with E-state index >= 15 is 0 Å². The van der Waals surface area contributed by atoms with Crippen molar-refractivity contribution in [1.82, 2.24) is 9.78 Å². The van der Waals surface area contributed by atoms with Crippen LogP contribution in [-0.4, -0.2) is 22.4 Å². The van der Waals surface area contributed by atoms with Crippen LogP contribution in [0.2, 0.25) is 0 Å². The Morgan fingerprint density at radius 3 is 2.79 bits per heavy atom. The van der Waals surface area contributed by atoms with E-state index in [4.69, 9.17) is 10.1 Å². The number of benzene rings is 1. The van der Waals surface area contributed by atoms with E-state index < -0.39 is 0 Å². The Hall–Kier alpha value is -2.68. The van der Waals surface area contributed by atoms with Crippen LogP contribution < -0.4 is 0 Å². The van der Waals surface area contributed by atoms with Crippen molar-refractivity contribution in [1.29, 1.82) is 5.39 Å². The van der Waals surface area contributed by atoms with Crippen molar-refractivity contribution < 1.29 is 9.53 Å². The summed E-state index contributed by atoms with van der Waals surface area (Å²) in [6.45, 7) is 2.04. The summed E-state index contributed by atoms with van der Waals surface area (Å²) >= 11 is 0. The highest BCUT2D eigenvalue weighted by atomic mass is 16.5. The molecule has 96 valence electrons. The maximum Gasteiger partial charge on any atom is 0.488 e. The summed E-state index contributed by atoms with van der Waals surface area (Å²) < 4.78 is 6.35. The highest BCUT2D eigenvalue weighted by Gasteiger charge is 2.21. The zero-order valence-electron chi connectivity index (χ0n) is 10.5. The molecule has 0 bridgehead atoms. The Balaban J connectivity index is 2.35. The molecular formula is C13H13N4O2+. The van der Waals surface area contributed by atoms with E-state index in [0.29, 0.717) is 12.3 Å². The number of carbonyl (C=O) groups excluding carboxylic acids is 1. The van der Waals surface area contributed by atoms with Gasteiger partial charge in [0.15, 0.2) is 6.54 Å². The number of nitrogens with zero attached hydrogens (tertiary/aromatic N) is 4. The van der Waals surface area contributed by atoms with Crippen LogP contribution in [0.5, 0.6) is 0 Å². The third-order valence-corrected chi connectivity index (χ3v) is 2.52. The summed E-state index contributed by atoms with van der Waals surface area (Å²) in [5.74, 6) is -0.226. The minimum absolute atomic E-state index is 0.0203. The Bertz CT molecular complexity index is 613. The van der Waals surface area contributed by atoms with Gasteiger partial charge < -0.3 is 4.74 Å². The van der Waals surface area contributed by atoms with Gasteiger partial charge in [0.25, 0.3) is 0 Å². The van der Waals surface area contributed by atoms with Gasteiger partial charge in [0.1, 0.15) is 0 Å². The monoisotopic (exact) mass is 257 g/mol. The van der Waals surface area contributed by atoms with Crippen LogP contribution in [0.25, 0.3) is 16.2 Å². The fraction of sp³-hybridized carbons (Fsp3) is 0.231. The van der Waals surface area contributed by atoms with Crippen molar-refractivity contribution >= 4 is 11.8 Å². The molecule has 1 aromatic heterocycles. The molecule has 0 unspecified atom stereocenters. The fourth-order valence-electron chi connectivity index (χ4n) is 1.74.